The molecule has 8 heterocycles. The molecule has 105 heavy (non-hydrogen) atoms. The summed E-state index contributed by atoms with van der Waals surface area (Å²) < 4.78 is 40.2. The van der Waals surface area contributed by atoms with Crippen molar-refractivity contribution in [3.63, 3.8) is 0 Å². The number of hydrogen-bond acceptors (Lipinski definition) is 4. The van der Waals surface area contributed by atoms with Gasteiger partial charge in [-0.2, -0.15) is 18.3 Å². The Labute approximate surface area is 615 Å². The summed E-state index contributed by atoms with van der Waals surface area (Å²) in [6.45, 7) is 38.1. The summed E-state index contributed by atoms with van der Waals surface area (Å²) >= 11 is 0. The molecule has 0 N–H and O–H groups in total. The van der Waals surface area contributed by atoms with Crippen molar-refractivity contribution in [3.05, 3.63) is 316 Å². The predicted octanol–water partition coefficient (Wildman–Crippen LogP) is 18.0. The van der Waals surface area contributed by atoms with Gasteiger partial charge in [0.25, 0.3) is 22.8 Å². The molecule has 0 aliphatic rings. The molecule has 522 valence electrons. The third-order valence-electron chi connectivity index (χ3n) is 20.2. The largest absolute Gasteiger partial charge is 0.270 e. The second-order valence-electron chi connectivity index (χ2n) is 28.6. The molecule has 0 bridgehead atoms. The number of aromatic nitrogens is 8. The molecule has 16 rings (SSSR count). The molecule has 0 saturated carbocycles. The SMILES string of the molecule is Cc1c(-c2c3ccccc3o[n+]2C)cc(C(C)(C)C)cc1-[n+]1ccccc1C.Cc1cc(-c2c3ccccc3o[n+]2C)c(C)c(-[n+]2ccccc2C)c1.Cc1cc(C)c(-[n+]2ccccc2C)c(C)c1-c1c2ccccc2o[n+]1C.[C-]#[N+]c1cc(-c2c3ccccc3o[n+]2C)c(C)c(-[n+]2ccccc2C)c1. The Morgan fingerprint density at radius 2 is 0.657 bits per heavy atom. The Morgan fingerprint density at radius 1 is 0.324 bits per heavy atom. The zero-order chi connectivity index (χ0) is 74.3. The summed E-state index contributed by atoms with van der Waals surface area (Å²) in [5.74, 6) is 0. The van der Waals surface area contributed by atoms with Gasteiger partial charge in [0.1, 0.15) is 21.5 Å². The number of benzene rings is 8. The molecule has 0 saturated heterocycles. The van der Waals surface area contributed by atoms with E-state index in [0.717, 1.165) is 89.2 Å². The number of rotatable bonds is 8. The van der Waals surface area contributed by atoms with Gasteiger partial charge < -0.3 is 0 Å². The minimum Gasteiger partial charge on any atom is -0.238 e. The second-order valence-corrected chi connectivity index (χ2v) is 28.6. The van der Waals surface area contributed by atoms with Crippen molar-refractivity contribution in [2.75, 3.05) is 0 Å². The van der Waals surface area contributed by atoms with E-state index in [0.29, 0.717) is 5.69 Å². The topological polar surface area (TPSA) is 88.0 Å². The lowest BCUT2D eigenvalue weighted by atomic mass is 9.83. The molecule has 0 spiro atoms. The number of para-hydroxylation sites is 4. The average molecular weight is 1390 g/mol. The van der Waals surface area contributed by atoms with Gasteiger partial charge in [-0.3, -0.25) is 0 Å². The fourth-order valence-corrected chi connectivity index (χ4v) is 14.9. The summed E-state index contributed by atoms with van der Waals surface area (Å²) in [5.41, 5.74) is 32.6. The monoisotopic (exact) mass is 1390 g/mol. The molecule has 0 radical (unpaired) electrons. The van der Waals surface area contributed by atoms with Crippen LogP contribution in [0.15, 0.2) is 255 Å². The molecule has 0 amide bonds. The molecule has 0 aliphatic carbocycles. The highest BCUT2D eigenvalue weighted by Gasteiger charge is 2.34. The van der Waals surface area contributed by atoms with Crippen molar-refractivity contribution in [2.45, 2.75) is 102 Å². The molecule has 16 aromatic rings. The van der Waals surface area contributed by atoms with Gasteiger partial charge in [0.2, 0.25) is 45.1 Å². The van der Waals surface area contributed by atoms with Crippen LogP contribution in [0, 0.1) is 82.7 Å². The van der Waals surface area contributed by atoms with Crippen LogP contribution in [0.5, 0.6) is 0 Å². The van der Waals surface area contributed by atoms with Crippen LogP contribution in [0.1, 0.15) is 88.1 Å². The Bertz CT molecular complexity index is 6070. The van der Waals surface area contributed by atoms with E-state index in [9.17, 15) is 0 Å². The van der Waals surface area contributed by atoms with Gasteiger partial charge in [-0.25, -0.2) is 22.9 Å². The van der Waals surface area contributed by atoms with Gasteiger partial charge in [0.05, 0.1) is 28.8 Å². The normalized spacial score (nSPS) is 11.3. The third kappa shape index (κ3) is 13.8. The van der Waals surface area contributed by atoms with Gasteiger partial charge >= 0.3 is 0 Å². The zero-order valence-corrected chi connectivity index (χ0v) is 63.7. The standard InChI is InChI=1S/C25H28N2O.C23H24N2O.C22H19N3O.C22H22N2O/c1-17-11-9-10-14-27(17)22-16-19(25(3,4)5)15-21(18(22)2)24-20-12-7-8-13-23(20)28-26(24)6;1-15-14-16(2)22(25-13-9-8-10-17(25)3)18(4)21(15)23-19-11-6-7-12-20(19)26-24(23)5;1-15-9-7-8-12-25(15)20-14-17(23-3)13-19(16(20)2)22-18-10-5-6-11-21(18)26-24(22)4;1-15-13-19(22-18-10-5-6-11-21(18)25-23(22)4)17(3)20(14-15)24-12-8-7-9-16(24)2/h7-16H,1-6H3;6-14H,1-5H3;5-14H,1-2,4H3;5-14H,1-4H3/q4*+2. The van der Waals surface area contributed by atoms with Crippen molar-refractivity contribution in [1.29, 1.82) is 0 Å². The molecule has 8 aromatic heterocycles. The Morgan fingerprint density at radius 3 is 1.05 bits per heavy atom. The van der Waals surface area contributed by atoms with E-state index < -0.39 is 0 Å². The summed E-state index contributed by atoms with van der Waals surface area (Å²) in [6, 6.07) is 73.0. The van der Waals surface area contributed by atoms with Crippen LogP contribution in [-0.2, 0) is 33.6 Å². The molecule has 8 aromatic carbocycles. The van der Waals surface area contributed by atoms with Crippen LogP contribution in [0.4, 0.5) is 5.69 Å². The van der Waals surface area contributed by atoms with Crippen molar-refractivity contribution >= 4 is 49.6 Å². The molecule has 13 nitrogen and oxygen atoms in total. The van der Waals surface area contributed by atoms with Crippen molar-refractivity contribution in [2.24, 2.45) is 28.2 Å². The van der Waals surface area contributed by atoms with E-state index >= 15 is 0 Å². The number of pyridine rings is 4. The Hall–Kier alpha value is -12.3. The van der Waals surface area contributed by atoms with Crippen molar-refractivity contribution in [3.8, 4) is 67.8 Å². The first-order valence-electron chi connectivity index (χ1n) is 35.8. The molecular weight excluding hydrogens is 1300 g/mol. The van der Waals surface area contributed by atoms with Gasteiger partial charge in [-0.1, -0.05) is 93.6 Å². The third-order valence-corrected chi connectivity index (χ3v) is 20.2. The van der Waals surface area contributed by atoms with E-state index in [4.69, 9.17) is 24.7 Å². The predicted molar refractivity (Wildman–Crippen MR) is 415 cm³/mol. The number of hydrogen-bond donors (Lipinski definition) is 0. The quantitative estimate of drug-likeness (QED) is 0.112. The maximum atomic E-state index is 7.55. The molecule has 13 heteroatoms. The molecule has 0 unspecified atom stereocenters. The van der Waals surface area contributed by atoms with Gasteiger partial charge in [-0.15, -0.1) is 0 Å². The van der Waals surface area contributed by atoms with E-state index in [2.05, 4.69) is 272 Å². The van der Waals surface area contributed by atoms with Crippen molar-refractivity contribution in [1.82, 2.24) is 0 Å². The Balaban J connectivity index is 0.000000124. The molecule has 0 aliphatic heterocycles. The first kappa shape index (κ1) is 71.1. The maximum absolute atomic E-state index is 7.55. The highest BCUT2D eigenvalue weighted by atomic mass is 16.5. The first-order valence-corrected chi connectivity index (χ1v) is 35.8. The number of nitrogens with zero attached hydrogens (tertiary/aromatic N) is 9. The Kier molecular flexibility index (Phi) is 19.8. The van der Waals surface area contributed by atoms with E-state index in [-0.39, 0.29) is 5.41 Å². The summed E-state index contributed by atoms with van der Waals surface area (Å²) in [7, 11) is 7.84. The minimum absolute atomic E-state index is 0.0402. The zero-order valence-electron chi connectivity index (χ0n) is 63.7. The number of fused-ring (bicyclic) bond motifs is 4. The molecular formula is C92H93N9O4+8. The van der Waals surface area contributed by atoms with Gasteiger partial charge in [0.15, 0.2) is 81.4 Å². The lowest BCUT2D eigenvalue weighted by Gasteiger charge is -2.21. The molecule has 0 atom stereocenters. The fraction of sp³-hybridized carbons (Fsp3) is 0.207. The minimum atomic E-state index is 0.0402. The van der Waals surface area contributed by atoms with Crippen LogP contribution < -0.4 is 37.2 Å². The van der Waals surface area contributed by atoms with Crippen LogP contribution in [0.3, 0.4) is 0 Å². The van der Waals surface area contributed by atoms with E-state index in [1.165, 1.54) is 89.8 Å². The van der Waals surface area contributed by atoms with E-state index in [1.807, 2.05) is 127 Å². The van der Waals surface area contributed by atoms with Crippen LogP contribution in [-0.4, -0.2) is 0 Å². The molecule has 0 fully saturated rings. The fourth-order valence-electron chi connectivity index (χ4n) is 14.9. The first-order chi connectivity index (χ1) is 50.4. The van der Waals surface area contributed by atoms with Crippen LogP contribution in [0.25, 0.3) is 117 Å². The van der Waals surface area contributed by atoms with E-state index in [1.54, 1.807) is 4.74 Å². The smallest absolute Gasteiger partial charge is 0.238 e. The summed E-state index contributed by atoms with van der Waals surface area (Å²) in [4.78, 5) is 3.70. The van der Waals surface area contributed by atoms with Crippen molar-refractivity contribution < 1.29 is 55.3 Å². The maximum Gasteiger partial charge on any atom is 0.270 e. The average Bonchev–Trinajstić information content (AvgIpc) is 1.74. The summed E-state index contributed by atoms with van der Waals surface area (Å²) in [6.07, 6.45) is 8.43. The highest BCUT2D eigenvalue weighted by Crippen LogP contribution is 2.39. The van der Waals surface area contributed by atoms with Gasteiger partial charge in [0, 0.05) is 122 Å². The van der Waals surface area contributed by atoms with Crippen LogP contribution in [0.2, 0.25) is 0 Å². The lowest BCUT2D eigenvalue weighted by Crippen LogP contribution is -2.36. The van der Waals surface area contributed by atoms with Gasteiger partial charge in [-0.05, 0) is 162 Å². The second kappa shape index (κ2) is 29.2. The van der Waals surface area contributed by atoms with Crippen LogP contribution >= 0.6 is 0 Å². The summed E-state index contributed by atoms with van der Waals surface area (Å²) in [5, 5.41) is 4.46. The number of aryl methyl sites for hydroxylation is 11. The highest BCUT2D eigenvalue weighted by molar-refractivity contribution is 5.95. The lowest BCUT2D eigenvalue weighted by molar-refractivity contribution is -0.832.